The summed E-state index contributed by atoms with van der Waals surface area (Å²) in [6.45, 7) is 10.8. The van der Waals surface area contributed by atoms with Crippen LogP contribution in [-0.4, -0.2) is 119 Å². The van der Waals surface area contributed by atoms with E-state index in [4.69, 9.17) is 28.1 Å². The fourth-order valence-corrected chi connectivity index (χ4v) is 5.99. The fraction of sp³-hybridized carbons (Fsp3) is 0.541. The van der Waals surface area contributed by atoms with Crippen LogP contribution in [0.4, 0.5) is 6.01 Å². The molecule has 0 bridgehead atoms. The number of β-amino-alcohol motifs (C(OH)–C–C–N with tert-alkyl or cyclic N) is 1. The second-order valence-electron chi connectivity index (χ2n) is 14.1. The number of rotatable bonds is 18. The van der Waals surface area contributed by atoms with Crippen LogP contribution in [-0.2, 0) is 43.5 Å². The van der Waals surface area contributed by atoms with Gasteiger partial charge in [-0.3, -0.25) is 14.6 Å². The number of amides is 2. The Bertz CT molecular complexity index is 1790. The van der Waals surface area contributed by atoms with E-state index in [0.717, 1.165) is 30.1 Å². The van der Waals surface area contributed by atoms with Crippen molar-refractivity contribution in [1.82, 2.24) is 29.7 Å². The Morgan fingerprint density at radius 2 is 1.74 bits per heavy atom. The molecule has 1 aromatic carbocycles. The highest BCUT2D eigenvalue weighted by Crippen LogP contribution is 2.28. The van der Waals surface area contributed by atoms with E-state index in [1.165, 1.54) is 0 Å². The summed E-state index contributed by atoms with van der Waals surface area (Å²) in [6.07, 6.45) is 5.48. The summed E-state index contributed by atoms with van der Waals surface area (Å²) in [5.41, 5.74) is 1.69. The SMILES string of the molecule is CC(C)(C)[C@H](NC(=O)COCCOCCOCCOc1ccc(COc2ccc3oc(N4CCn5ccnc5C4)nc3c2)nc1)C(=O)N1CC[C@@H](O)C1. The number of aliphatic hydroxyl groups excluding tert-OH is 1. The van der Waals surface area contributed by atoms with Crippen LogP contribution in [0.25, 0.3) is 11.1 Å². The van der Waals surface area contributed by atoms with Crippen molar-refractivity contribution in [1.29, 1.82) is 0 Å². The number of anilines is 1. The third kappa shape index (κ3) is 10.7. The highest BCUT2D eigenvalue weighted by atomic mass is 16.6. The van der Waals surface area contributed by atoms with Gasteiger partial charge in [0, 0.05) is 44.6 Å². The fourth-order valence-electron chi connectivity index (χ4n) is 5.99. The van der Waals surface area contributed by atoms with E-state index in [1.54, 1.807) is 11.1 Å². The monoisotopic (exact) mass is 735 g/mol. The third-order valence-corrected chi connectivity index (χ3v) is 8.91. The van der Waals surface area contributed by atoms with Crippen LogP contribution in [0.2, 0.25) is 0 Å². The second-order valence-corrected chi connectivity index (χ2v) is 14.1. The first-order valence-electron chi connectivity index (χ1n) is 18.0. The zero-order valence-electron chi connectivity index (χ0n) is 30.6. The lowest BCUT2D eigenvalue weighted by Crippen LogP contribution is -2.55. The van der Waals surface area contributed by atoms with Crippen molar-refractivity contribution in [2.24, 2.45) is 5.41 Å². The molecule has 0 unspecified atom stereocenters. The van der Waals surface area contributed by atoms with Gasteiger partial charge in [0.1, 0.15) is 48.7 Å². The van der Waals surface area contributed by atoms with Gasteiger partial charge < -0.3 is 52.9 Å². The number of aliphatic hydroxyl groups is 1. The molecule has 1 saturated heterocycles. The summed E-state index contributed by atoms with van der Waals surface area (Å²) in [7, 11) is 0. The largest absolute Gasteiger partial charge is 0.490 e. The van der Waals surface area contributed by atoms with Crippen molar-refractivity contribution in [2.75, 3.05) is 70.8 Å². The average Bonchev–Trinajstić information content (AvgIpc) is 3.91. The molecule has 2 N–H and O–H groups in total. The van der Waals surface area contributed by atoms with Crippen LogP contribution < -0.4 is 19.7 Å². The maximum absolute atomic E-state index is 12.9. The zero-order valence-corrected chi connectivity index (χ0v) is 30.6. The molecule has 0 radical (unpaired) electrons. The Kier molecular flexibility index (Phi) is 12.8. The van der Waals surface area contributed by atoms with E-state index in [1.807, 2.05) is 63.5 Å². The normalized spacial score (nSPS) is 16.5. The number of carbonyl (C=O) groups is 2. The number of ether oxygens (including phenoxy) is 5. The molecular weight excluding hydrogens is 686 g/mol. The lowest BCUT2D eigenvalue weighted by atomic mass is 9.85. The summed E-state index contributed by atoms with van der Waals surface area (Å²) in [6, 6.07) is 9.14. The topological polar surface area (TPSA) is 176 Å². The standard InChI is InChI=1S/C37H49N7O9/c1-37(2,3)34(35(47)43-10-8-27(45)22-43)41-33(46)25-50-17-16-48-14-15-49-18-19-51-29-5-4-26(39-21-29)24-52-28-6-7-31-30(20-28)40-36(53-31)44-13-12-42-11-9-38-32(42)23-44/h4-7,9,11,20-21,27,34,45H,8,10,12-19,22-25H2,1-3H3,(H,41,46)/t27-,34-/m1/s1. The van der Waals surface area contributed by atoms with Gasteiger partial charge in [-0.25, -0.2) is 4.98 Å². The van der Waals surface area contributed by atoms with E-state index >= 15 is 0 Å². The number of nitrogens with one attached hydrogen (secondary N) is 1. The van der Waals surface area contributed by atoms with E-state index in [0.29, 0.717) is 75.6 Å². The van der Waals surface area contributed by atoms with Gasteiger partial charge in [0.15, 0.2) is 5.58 Å². The molecule has 1 fully saturated rings. The predicted octanol–water partition coefficient (Wildman–Crippen LogP) is 2.57. The number of carbonyl (C=O) groups excluding carboxylic acids is 2. The first kappa shape index (κ1) is 38.0. The molecule has 0 aliphatic carbocycles. The molecule has 2 atom stereocenters. The number of likely N-dealkylation sites (tertiary alicyclic amines) is 1. The predicted molar refractivity (Wildman–Crippen MR) is 192 cm³/mol. The molecule has 3 aromatic heterocycles. The maximum atomic E-state index is 12.9. The van der Waals surface area contributed by atoms with Crippen molar-refractivity contribution in [2.45, 2.75) is 59.0 Å². The summed E-state index contributed by atoms with van der Waals surface area (Å²) in [5.74, 6) is 1.72. The van der Waals surface area contributed by atoms with Crippen molar-refractivity contribution in [3.63, 3.8) is 0 Å². The van der Waals surface area contributed by atoms with E-state index in [-0.39, 0.29) is 38.2 Å². The Labute approximate surface area is 308 Å². The van der Waals surface area contributed by atoms with Crippen LogP contribution in [0.5, 0.6) is 11.5 Å². The van der Waals surface area contributed by atoms with Gasteiger partial charge in [-0.1, -0.05) is 20.8 Å². The van der Waals surface area contributed by atoms with Gasteiger partial charge in [0.05, 0.1) is 57.6 Å². The molecule has 2 amide bonds. The van der Waals surface area contributed by atoms with E-state index < -0.39 is 17.6 Å². The summed E-state index contributed by atoms with van der Waals surface area (Å²) in [5, 5.41) is 12.6. The van der Waals surface area contributed by atoms with Crippen molar-refractivity contribution in [3.05, 3.63) is 60.4 Å². The van der Waals surface area contributed by atoms with Gasteiger partial charge in [-0.15, -0.1) is 0 Å². The Morgan fingerprint density at radius 1 is 0.962 bits per heavy atom. The number of nitrogens with zero attached hydrogens (tertiary/aromatic N) is 6. The summed E-state index contributed by atoms with van der Waals surface area (Å²) >= 11 is 0. The van der Waals surface area contributed by atoms with Crippen molar-refractivity contribution >= 4 is 28.9 Å². The second kappa shape index (κ2) is 17.8. The number of hydrogen-bond donors (Lipinski definition) is 2. The molecule has 4 aromatic rings. The number of fused-ring (bicyclic) bond motifs is 2. The molecule has 16 heteroatoms. The highest BCUT2D eigenvalue weighted by molar-refractivity contribution is 5.89. The first-order chi connectivity index (χ1) is 25.6. The molecule has 0 spiro atoms. The number of oxazole rings is 1. The number of pyridine rings is 1. The van der Waals surface area contributed by atoms with E-state index in [9.17, 15) is 14.7 Å². The van der Waals surface area contributed by atoms with Gasteiger partial charge in [0.25, 0.3) is 6.01 Å². The number of hydrogen-bond acceptors (Lipinski definition) is 13. The zero-order chi connectivity index (χ0) is 37.2. The van der Waals surface area contributed by atoms with Gasteiger partial charge >= 0.3 is 0 Å². The summed E-state index contributed by atoms with van der Waals surface area (Å²) in [4.78, 5) is 42.6. The minimum atomic E-state index is -0.710. The minimum absolute atomic E-state index is 0.183. The van der Waals surface area contributed by atoms with Crippen LogP contribution in [0.1, 0.15) is 38.7 Å². The van der Waals surface area contributed by atoms with Crippen LogP contribution in [0.3, 0.4) is 0 Å². The quantitative estimate of drug-likeness (QED) is 0.143. The van der Waals surface area contributed by atoms with Gasteiger partial charge in [0.2, 0.25) is 11.8 Å². The average molecular weight is 736 g/mol. The number of aromatic nitrogens is 4. The van der Waals surface area contributed by atoms with Crippen LogP contribution >= 0.6 is 0 Å². The van der Waals surface area contributed by atoms with Crippen molar-refractivity contribution < 1.29 is 42.8 Å². The summed E-state index contributed by atoms with van der Waals surface area (Å²) < 4.78 is 36.3. The minimum Gasteiger partial charge on any atom is -0.490 e. The molecule has 2 aliphatic heterocycles. The first-order valence-corrected chi connectivity index (χ1v) is 18.0. The highest BCUT2D eigenvalue weighted by Gasteiger charge is 2.37. The molecular formula is C37H49N7O9. The Hall–Kier alpha value is -4.77. The molecule has 16 nitrogen and oxygen atoms in total. The molecule has 2 aliphatic rings. The van der Waals surface area contributed by atoms with Crippen molar-refractivity contribution in [3.8, 4) is 11.5 Å². The molecule has 53 heavy (non-hydrogen) atoms. The van der Waals surface area contributed by atoms with Gasteiger partial charge in [-0.05, 0) is 36.1 Å². The molecule has 5 heterocycles. The molecule has 286 valence electrons. The van der Waals surface area contributed by atoms with Crippen LogP contribution in [0.15, 0.2) is 53.3 Å². The van der Waals surface area contributed by atoms with E-state index in [2.05, 4.69) is 29.7 Å². The lowest BCUT2D eigenvalue weighted by Gasteiger charge is -2.33. The number of imidazole rings is 1. The lowest BCUT2D eigenvalue weighted by molar-refractivity contribution is -0.140. The number of benzene rings is 1. The molecule has 6 rings (SSSR count). The van der Waals surface area contributed by atoms with Crippen LogP contribution in [0, 0.1) is 5.41 Å². The molecule has 0 saturated carbocycles. The maximum Gasteiger partial charge on any atom is 0.298 e. The Morgan fingerprint density at radius 3 is 2.47 bits per heavy atom. The Balaban J connectivity index is 0.795. The third-order valence-electron chi connectivity index (χ3n) is 8.91. The van der Waals surface area contributed by atoms with Gasteiger partial charge in [-0.2, -0.15) is 4.98 Å². The smallest absolute Gasteiger partial charge is 0.298 e.